The molecule has 0 saturated carbocycles. The van der Waals surface area contributed by atoms with E-state index in [2.05, 4.69) is 10.6 Å². The van der Waals surface area contributed by atoms with E-state index in [4.69, 9.17) is 14.2 Å². The Kier molecular flexibility index (Phi) is 5.88. The molecule has 2 N–H and O–H groups in total. The lowest BCUT2D eigenvalue weighted by molar-refractivity contribution is -0.385. The number of carbonyl (C=O) groups is 2. The third-order valence-electron chi connectivity index (χ3n) is 3.86. The van der Waals surface area contributed by atoms with E-state index < -0.39 is 23.0 Å². The third-order valence-corrected chi connectivity index (χ3v) is 3.86. The number of carbonyl (C=O) groups excluding carboxylic acids is 2. The van der Waals surface area contributed by atoms with Crippen LogP contribution in [0.1, 0.15) is 32.4 Å². The van der Waals surface area contributed by atoms with E-state index in [1.807, 2.05) is 0 Å². The van der Waals surface area contributed by atoms with Crippen molar-refractivity contribution in [3.63, 3.8) is 0 Å². The summed E-state index contributed by atoms with van der Waals surface area (Å²) in [6.07, 6.45) is -0.229. The summed E-state index contributed by atoms with van der Waals surface area (Å²) in [4.78, 5) is 35.2. The molecule has 0 aliphatic carbocycles. The van der Waals surface area contributed by atoms with Crippen LogP contribution in [0, 0.1) is 10.1 Å². The molecule has 1 aromatic carbocycles. The van der Waals surface area contributed by atoms with Crippen LogP contribution in [-0.2, 0) is 9.53 Å². The van der Waals surface area contributed by atoms with Crippen LogP contribution >= 0.6 is 0 Å². The van der Waals surface area contributed by atoms with Crippen molar-refractivity contribution in [2.24, 2.45) is 0 Å². The van der Waals surface area contributed by atoms with Crippen molar-refractivity contribution < 1.29 is 28.7 Å². The molecule has 0 fully saturated rings. The number of urea groups is 1. The minimum atomic E-state index is -1.09. The summed E-state index contributed by atoms with van der Waals surface area (Å²) >= 11 is 0. The van der Waals surface area contributed by atoms with E-state index in [9.17, 15) is 19.7 Å². The number of esters is 1. The highest BCUT2D eigenvalue weighted by Gasteiger charge is 2.37. The fourth-order valence-electron chi connectivity index (χ4n) is 2.77. The number of methoxy groups -OCH3 is 2. The Labute approximate surface area is 155 Å². The molecular weight excluding hydrogens is 358 g/mol. The molecule has 0 bridgehead atoms. The first-order valence-electron chi connectivity index (χ1n) is 8.09. The molecule has 27 heavy (non-hydrogen) atoms. The second kappa shape index (κ2) is 7.94. The number of benzene rings is 1. The molecule has 1 atom stereocenters. The Morgan fingerprint density at radius 3 is 2.44 bits per heavy atom. The summed E-state index contributed by atoms with van der Waals surface area (Å²) in [7, 11) is 2.55. The maximum atomic E-state index is 12.2. The average molecular weight is 379 g/mol. The van der Waals surface area contributed by atoms with Gasteiger partial charge < -0.3 is 24.8 Å². The Bertz CT molecular complexity index is 817. The van der Waals surface area contributed by atoms with Gasteiger partial charge in [-0.3, -0.25) is 10.1 Å². The van der Waals surface area contributed by atoms with E-state index in [1.165, 1.54) is 33.3 Å². The van der Waals surface area contributed by atoms with Gasteiger partial charge in [0.25, 0.3) is 5.69 Å². The minimum absolute atomic E-state index is 0.0564. The zero-order valence-electron chi connectivity index (χ0n) is 15.6. The molecule has 1 heterocycles. The van der Waals surface area contributed by atoms with Gasteiger partial charge in [0.1, 0.15) is 0 Å². The molecule has 146 valence electrons. The van der Waals surface area contributed by atoms with Crippen LogP contribution in [0.25, 0.3) is 0 Å². The Balaban J connectivity index is 2.73. The molecule has 1 aliphatic heterocycles. The highest BCUT2D eigenvalue weighted by molar-refractivity contribution is 5.95. The smallest absolute Gasteiger partial charge is 0.337 e. The molecule has 10 nitrogen and oxygen atoms in total. The minimum Gasteiger partial charge on any atom is -0.493 e. The van der Waals surface area contributed by atoms with Gasteiger partial charge in [-0.05, 0) is 26.8 Å². The number of nitrogens with one attached hydrogen (secondary N) is 2. The van der Waals surface area contributed by atoms with Crippen LogP contribution in [0.5, 0.6) is 11.5 Å². The molecule has 0 saturated heterocycles. The number of hydrogen-bond acceptors (Lipinski definition) is 7. The third kappa shape index (κ3) is 4.10. The maximum Gasteiger partial charge on any atom is 0.337 e. The van der Waals surface area contributed by atoms with Crippen LogP contribution in [0.3, 0.4) is 0 Å². The van der Waals surface area contributed by atoms with Gasteiger partial charge in [0.15, 0.2) is 11.5 Å². The largest absolute Gasteiger partial charge is 0.493 e. The fraction of sp³-hybridized carbons (Fsp3) is 0.412. The summed E-state index contributed by atoms with van der Waals surface area (Å²) in [5, 5.41) is 16.6. The number of nitrogens with zero attached hydrogens (tertiary/aromatic N) is 1. The number of nitro groups is 1. The van der Waals surface area contributed by atoms with Crippen LogP contribution in [0.15, 0.2) is 23.4 Å². The van der Waals surface area contributed by atoms with Gasteiger partial charge in [0.05, 0.1) is 48.5 Å². The number of rotatable bonds is 6. The first kappa shape index (κ1) is 20.0. The monoisotopic (exact) mass is 379 g/mol. The summed E-state index contributed by atoms with van der Waals surface area (Å²) < 4.78 is 15.6. The summed E-state index contributed by atoms with van der Waals surface area (Å²) in [6.45, 7) is 5.09. The van der Waals surface area contributed by atoms with Gasteiger partial charge in [-0.2, -0.15) is 0 Å². The zero-order valence-corrected chi connectivity index (χ0v) is 15.6. The molecule has 0 aromatic heterocycles. The normalized spacial score (nSPS) is 16.5. The lowest BCUT2D eigenvalue weighted by Gasteiger charge is -2.28. The van der Waals surface area contributed by atoms with Crippen LogP contribution in [0.2, 0.25) is 0 Å². The van der Waals surface area contributed by atoms with Gasteiger partial charge >= 0.3 is 12.0 Å². The molecule has 0 radical (unpaired) electrons. The summed E-state index contributed by atoms with van der Waals surface area (Å²) in [6, 6.07) is 0.906. The topological polar surface area (TPSA) is 129 Å². The molecule has 2 rings (SSSR count). The fourth-order valence-corrected chi connectivity index (χ4v) is 2.77. The van der Waals surface area contributed by atoms with Gasteiger partial charge in [-0.15, -0.1) is 0 Å². The van der Waals surface area contributed by atoms with E-state index >= 15 is 0 Å². The maximum absolute atomic E-state index is 12.2. The van der Waals surface area contributed by atoms with Crippen LogP contribution in [0.4, 0.5) is 10.5 Å². The van der Waals surface area contributed by atoms with Gasteiger partial charge in [0.2, 0.25) is 0 Å². The first-order valence-corrected chi connectivity index (χ1v) is 8.09. The molecular formula is C17H21N3O7. The van der Waals surface area contributed by atoms with Crippen molar-refractivity contribution in [3.8, 4) is 11.5 Å². The van der Waals surface area contributed by atoms with E-state index in [1.54, 1.807) is 13.8 Å². The highest BCUT2D eigenvalue weighted by atomic mass is 16.6. The van der Waals surface area contributed by atoms with Crippen molar-refractivity contribution >= 4 is 17.7 Å². The second-order valence-corrected chi connectivity index (χ2v) is 6.05. The first-order chi connectivity index (χ1) is 12.7. The van der Waals surface area contributed by atoms with E-state index in [0.717, 1.165) is 0 Å². The molecule has 1 aromatic rings. The zero-order chi connectivity index (χ0) is 20.3. The number of nitro benzene ring substituents is 1. The predicted octanol–water partition coefficient (Wildman–Crippen LogP) is 2.19. The standard InChI is InChI=1S/C17H21N3O7/c1-8(2)27-13-6-10(11(20(23)24)7-12(13)25-4)15-14(16(21)26-5)9(3)18-17(22)19-15/h6-8,15H,1-5H3,(H2,18,19,22). The molecule has 0 spiro atoms. The Morgan fingerprint density at radius 2 is 1.93 bits per heavy atom. The van der Waals surface area contributed by atoms with Crippen LogP contribution < -0.4 is 20.1 Å². The molecule has 1 aliphatic rings. The lowest BCUT2D eigenvalue weighted by Crippen LogP contribution is -2.45. The van der Waals surface area contributed by atoms with E-state index in [-0.39, 0.29) is 40.1 Å². The van der Waals surface area contributed by atoms with Crippen molar-refractivity contribution in [3.05, 3.63) is 39.1 Å². The molecule has 2 amide bonds. The van der Waals surface area contributed by atoms with Crippen LogP contribution in [-0.4, -0.2) is 37.2 Å². The second-order valence-electron chi connectivity index (χ2n) is 6.05. The Hall–Kier alpha value is -3.30. The summed E-state index contributed by atoms with van der Waals surface area (Å²) in [5.41, 5.74) is 0.0447. The number of ether oxygens (including phenoxy) is 3. The SMILES string of the molecule is COC(=O)C1=C(C)NC(=O)NC1c1cc(OC(C)C)c(OC)cc1[N+](=O)[O-]. The number of amides is 2. The number of allylic oxidation sites excluding steroid dienone is 1. The van der Waals surface area contributed by atoms with Gasteiger partial charge in [0, 0.05) is 5.70 Å². The summed E-state index contributed by atoms with van der Waals surface area (Å²) in [5.74, 6) is -0.302. The van der Waals surface area contributed by atoms with E-state index in [0.29, 0.717) is 0 Å². The highest BCUT2D eigenvalue weighted by Crippen LogP contribution is 2.41. The van der Waals surface area contributed by atoms with Gasteiger partial charge in [-0.1, -0.05) is 0 Å². The molecule has 10 heteroatoms. The van der Waals surface area contributed by atoms with Gasteiger partial charge in [-0.25, -0.2) is 9.59 Å². The Morgan fingerprint density at radius 1 is 1.26 bits per heavy atom. The van der Waals surface area contributed by atoms with Crippen molar-refractivity contribution in [2.45, 2.75) is 32.9 Å². The number of hydrogen-bond donors (Lipinski definition) is 2. The quantitative estimate of drug-likeness (QED) is 0.440. The average Bonchev–Trinajstić information content (AvgIpc) is 2.59. The van der Waals surface area contributed by atoms with Crippen molar-refractivity contribution in [2.75, 3.05) is 14.2 Å². The van der Waals surface area contributed by atoms with Crippen molar-refractivity contribution in [1.29, 1.82) is 0 Å². The predicted molar refractivity (Wildman–Crippen MR) is 94.5 cm³/mol. The van der Waals surface area contributed by atoms with Crippen molar-refractivity contribution in [1.82, 2.24) is 10.6 Å². The molecule has 1 unspecified atom stereocenters. The lowest BCUT2D eigenvalue weighted by atomic mass is 9.93.